The number of aromatic nitrogens is 2. The minimum Gasteiger partial charge on any atom is -0.352 e. The largest absolute Gasteiger partial charge is 0.352 e. The van der Waals surface area contributed by atoms with Crippen LogP contribution in [0.1, 0.15) is 41.8 Å². The van der Waals surface area contributed by atoms with Crippen LogP contribution in [0.5, 0.6) is 0 Å². The second-order valence-electron chi connectivity index (χ2n) is 7.00. The number of rotatable bonds is 6. The number of carbonyl (C=O) groups is 1. The first-order chi connectivity index (χ1) is 12.0. The summed E-state index contributed by atoms with van der Waals surface area (Å²) in [6.45, 7) is 7.79. The summed E-state index contributed by atoms with van der Waals surface area (Å²) in [6.07, 6.45) is 2.84. The van der Waals surface area contributed by atoms with E-state index in [4.69, 9.17) is 0 Å². The van der Waals surface area contributed by atoms with Gasteiger partial charge in [-0.3, -0.25) is 9.48 Å². The Balaban J connectivity index is 1.79. The van der Waals surface area contributed by atoms with Gasteiger partial charge in [0.15, 0.2) is 0 Å². The van der Waals surface area contributed by atoms with Crippen LogP contribution in [0.4, 0.5) is 0 Å². The highest BCUT2D eigenvalue weighted by Gasteiger charge is 2.10. The number of nitrogens with zero attached hydrogens (tertiary/aromatic N) is 2. The third-order valence-electron chi connectivity index (χ3n) is 4.37. The van der Waals surface area contributed by atoms with E-state index in [2.05, 4.69) is 55.5 Å². The van der Waals surface area contributed by atoms with Crippen LogP contribution >= 0.6 is 0 Å². The summed E-state index contributed by atoms with van der Waals surface area (Å²) in [5.74, 6) is 0.560. The molecule has 0 bridgehead atoms. The van der Waals surface area contributed by atoms with Crippen molar-refractivity contribution in [3.63, 3.8) is 0 Å². The zero-order chi connectivity index (χ0) is 17.8. The molecule has 4 nitrogen and oxygen atoms in total. The molecule has 0 spiro atoms. The number of aryl methyl sites for hydroxylation is 1. The minimum absolute atomic E-state index is 0.0226. The van der Waals surface area contributed by atoms with Crippen LogP contribution < -0.4 is 5.32 Å². The van der Waals surface area contributed by atoms with E-state index in [1.54, 1.807) is 0 Å². The van der Waals surface area contributed by atoms with Crippen LogP contribution in [0.15, 0.2) is 48.7 Å². The summed E-state index contributed by atoms with van der Waals surface area (Å²) in [4.78, 5) is 12.4. The Labute approximate surface area is 148 Å². The van der Waals surface area contributed by atoms with E-state index in [9.17, 15) is 4.79 Å². The summed E-state index contributed by atoms with van der Waals surface area (Å²) >= 11 is 0. The SMILES string of the molecule is Cc1ccc(Cn2ncc3ccc(C(=O)NCCC(C)C)cc32)cc1. The van der Waals surface area contributed by atoms with Crippen molar-refractivity contribution in [2.24, 2.45) is 5.92 Å². The fraction of sp³-hybridized carbons (Fsp3) is 0.333. The van der Waals surface area contributed by atoms with Gasteiger partial charge in [0, 0.05) is 17.5 Å². The van der Waals surface area contributed by atoms with Gasteiger partial charge < -0.3 is 5.32 Å². The van der Waals surface area contributed by atoms with E-state index in [0.29, 0.717) is 24.6 Å². The third kappa shape index (κ3) is 4.27. The minimum atomic E-state index is -0.0226. The molecule has 0 saturated heterocycles. The zero-order valence-corrected chi connectivity index (χ0v) is 15.1. The predicted molar refractivity (Wildman–Crippen MR) is 102 cm³/mol. The summed E-state index contributed by atoms with van der Waals surface area (Å²) < 4.78 is 1.95. The molecule has 0 radical (unpaired) electrons. The fourth-order valence-electron chi connectivity index (χ4n) is 2.78. The molecule has 130 valence electrons. The van der Waals surface area contributed by atoms with Crippen LogP contribution in [-0.2, 0) is 6.54 Å². The van der Waals surface area contributed by atoms with Gasteiger partial charge in [0.1, 0.15) is 0 Å². The molecule has 2 aromatic carbocycles. The lowest BCUT2D eigenvalue weighted by atomic mass is 10.1. The van der Waals surface area contributed by atoms with Gasteiger partial charge in [0.05, 0.1) is 18.3 Å². The lowest BCUT2D eigenvalue weighted by molar-refractivity contribution is 0.0952. The maximum Gasteiger partial charge on any atom is 0.251 e. The molecule has 3 aromatic rings. The summed E-state index contributed by atoms with van der Waals surface area (Å²) in [6, 6.07) is 14.2. The smallest absolute Gasteiger partial charge is 0.251 e. The molecule has 1 heterocycles. The van der Waals surface area contributed by atoms with Crippen molar-refractivity contribution < 1.29 is 4.79 Å². The number of nitrogens with one attached hydrogen (secondary N) is 1. The van der Waals surface area contributed by atoms with E-state index >= 15 is 0 Å². The topological polar surface area (TPSA) is 46.9 Å². The molecule has 0 aliphatic heterocycles. The van der Waals surface area contributed by atoms with Crippen molar-refractivity contribution in [1.29, 1.82) is 0 Å². The molecule has 0 unspecified atom stereocenters. The van der Waals surface area contributed by atoms with E-state index in [1.807, 2.05) is 29.1 Å². The molecule has 1 aromatic heterocycles. The molecule has 0 fully saturated rings. The van der Waals surface area contributed by atoms with Gasteiger partial charge in [-0.25, -0.2) is 0 Å². The predicted octanol–water partition coefficient (Wildman–Crippen LogP) is 4.17. The van der Waals surface area contributed by atoms with Gasteiger partial charge in [0.2, 0.25) is 0 Å². The second-order valence-corrected chi connectivity index (χ2v) is 7.00. The van der Waals surface area contributed by atoms with Crippen molar-refractivity contribution in [1.82, 2.24) is 15.1 Å². The Morgan fingerprint density at radius 2 is 1.92 bits per heavy atom. The van der Waals surface area contributed by atoms with Crippen LogP contribution in [0.2, 0.25) is 0 Å². The molecule has 4 heteroatoms. The lowest BCUT2D eigenvalue weighted by Crippen LogP contribution is -2.25. The summed E-state index contributed by atoms with van der Waals surface area (Å²) in [5, 5.41) is 8.52. The highest BCUT2D eigenvalue weighted by Crippen LogP contribution is 2.17. The average Bonchev–Trinajstić information content (AvgIpc) is 2.98. The molecule has 1 amide bonds. The van der Waals surface area contributed by atoms with E-state index in [0.717, 1.165) is 17.3 Å². The third-order valence-corrected chi connectivity index (χ3v) is 4.37. The standard InChI is InChI=1S/C21H25N3O/c1-15(2)10-11-22-21(25)18-8-9-19-13-23-24(20(19)12-18)14-17-6-4-16(3)5-7-17/h4-9,12-13,15H,10-11,14H2,1-3H3,(H,22,25). The lowest BCUT2D eigenvalue weighted by Gasteiger charge is -2.08. The first kappa shape index (κ1) is 17.2. The molecule has 25 heavy (non-hydrogen) atoms. The van der Waals surface area contributed by atoms with Crippen LogP contribution in [0.3, 0.4) is 0 Å². The normalized spacial score (nSPS) is 11.2. The average molecular weight is 335 g/mol. The second kappa shape index (κ2) is 7.51. The Kier molecular flexibility index (Phi) is 5.17. The van der Waals surface area contributed by atoms with Crippen LogP contribution in [0, 0.1) is 12.8 Å². The van der Waals surface area contributed by atoms with Crippen molar-refractivity contribution in [2.75, 3.05) is 6.54 Å². The Hall–Kier alpha value is -2.62. The van der Waals surface area contributed by atoms with Crippen LogP contribution in [-0.4, -0.2) is 22.2 Å². The molecule has 3 rings (SSSR count). The van der Waals surface area contributed by atoms with Gasteiger partial charge in [0.25, 0.3) is 5.91 Å². The summed E-state index contributed by atoms with van der Waals surface area (Å²) in [5.41, 5.74) is 4.11. The van der Waals surface area contributed by atoms with E-state index in [-0.39, 0.29) is 5.91 Å². The fourth-order valence-corrected chi connectivity index (χ4v) is 2.78. The van der Waals surface area contributed by atoms with Crippen molar-refractivity contribution in [3.05, 3.63) is 65.4 Å². The molecular formula is C21H25N3O. The highest BCUT2D eigenvalue weighted by atomic mass is 16.1. The van der Waals surface area contributed by atoms with Gasteiger partial charge in [-0.2, -0.15) is 5.10 Å². The number of benzene rings is 2. The summed E-state index contributed by atoms with van der Waals surface area (Å²) in [7, 11) is 0. The zero-order valence-electron chi connectivity index (χ0n) is 15.1. The molecule has 0 aliphatic rings. The highest BCUT2D eigenvalue weighted by molar-refractivity contribution is 5.97. The maximum absolute atomic E-state index is 12.4. The molecular weight excluding hydrogens is 310 g/mol. The number of fused-ring (bicyclic) bond motifs is 1. The van der Waals surface area contributed by atoms with Gasteiger partial charge in [-0.05, 0) is 37.0 Å². The molecule has 1 N–H and O–H groups in total. The van der Waals surface area contributed by atoms with Gasteiger partial charge in [-0.1, -0.05) is 49.7 Å². The Morgan fingerprint density at radius 3 is 2.64 bits per heavy atom. The Morgan fingerprint density at radius 1 is 1.16 bits per heavy atom. The number of hydrogen-bond acceptors (Lipinski definition) is 2. The van der Waals surface area contributed by atoms with Gasteiger partial charge >= 0.3 is 0 Å². The van der Waals surface area contributed by atoms with Gasteiger partial charge in [-0.15, -0.1) is 0 Å². The van der Waals surface area contributed by atoms with Crippen molar-refractivity contribution >= 4 is 16.8 Å². The maximum atomic E-state index is 12.4. The Bertz CT molecular complexity index is 862. The van der Waals surface area contributed by atoms with E-state index < -0.39 is 0 Å². The van der Waals surface area contributed by atoms with Crippen molar-refractivity contribution in [3.8, 4) is 0 Å². The molecule has 0 saturated carbocycles. The monoisotopic (exact) mass is 335 g/mol. The quantitative estimate of drug-likeness (QED) is 0.735. The first-order valence-corrected chi connectivity index (χ1v) is 8.82. The number of carbonyl (C=O) groups excluding carboxylic acids is 1. The number of hydrogen-bond donors (Lipinski definition) is 1. The first-order valence-electron chi connectivity index (χ1n) is 8.82. The van der Waals surface area contributed by atoms with Crippen molar-refractivity contribution in [2.45, 2.75) is 33.7 Å². The number of amides is 1. The van der Waals surface area contributed by atoms with Crippen LogP contribution in [0.25, 0.3) is 10.9 Å². The van der Waals surface area contributed by atoms with E-state index in [1.165, 1.54) is 11.1 Å². The molecule has 0 aliphatic carbocycles. The molecule has 0 atom stereocenters.